The number of benzene rings is 2. The minimum atomic E-state index is -3.58. The first-order chi connectivity index (χ1) is 13.6. The molecule has 7 nitrogen and oxygen atoms in total. The molecule has 0 aliphatic carbocycles. The molecule has 1 atom stereocenters. The van der Waals surface area contributed by atoms with Crippen LogP contribution in [0.4, 0.5) is 5.69 Å². The Morgan fingerprint density at radius 3 is 2.41 bits per heavy atom. The zero-order chi connectivity index (χ0) is 21.8. The smallest absolute Gasteiger partial charge is 0.242 e. The van der Waals surface area contributed by atoms with Crippen LogP contribution in [0.5, 0.6) is 5.75 Å². The minimum absolute atomic E-state index is 0.137. The van der Waals surface area contributed by atoms with E-state index in [0.717, 1.165) is 21.2 Å². The molecule has 0 bridgehead atoms. The van der Waals surface area contributed by atoms with Crippen LogP contribution in [0.3, 0.4) is 0 Å². The van der Waals surface area contributed by atoms with Gasteiger partial charge in [0.2, 0.25) is 15.9 Å². The lowest BCUT2D eigenvalue weighted by Crippen LogP contribution is -2.39. The number of amides is 1. The van der Waals surface area contributed by atoms with Gasteiger partial charge in [-0.2, -0.15) is 0 Å². The molecule has 0 aromatic heterocycles. The molecule has 0 heterocycles. The lowest BCUT2D eigenvalue weighted by atomic mass is 10.1. The molecule has 2 aromatic rings. The van der Waals surface area contributed by atoms with E-state index in [-0.39, 0.29) is 10.8 Å². The minimum Gasteiger partial charge on any atom is -0.496 e. The molecule has 0 saturated heterocycles. The predicted octanol–water partition coefficient (Wildman–Crippen LogP) is 2.71. The van der Waals surface area contributed by atoms with E-state index in [0.29, 0.717) is 12.2 Å². The van der Waals surface area contributed by atoms with Crippen LogP contribution in [0.15, 0.2) is 47.4 Å². The number of nitrogens with zero attached hydrogens (tertiary/aromatic N) is 2. The van der Waals surface area contributed by atoms with E-state index in [9.17, 15) is 13.2 Å². The summed E-state index contributed by atoms with van der Waals surface area (Å²) < 4.78 is 31.3. The summed E-state index contributed by atoms with van der Waals surface area (Å²) >= 11 is 0. The number of aryl methyl sites for hydroxylation is 1. The van der Waals surface area contributed by atoms with E-state index < -0.39 is 16.1 Å². The van der Waals surface area contributed by atoms with E-state index in [1.807, 2.05) is 43.1 Å². The summed E-state index contributed by atoms with van der Waals surface area (Å²) in [6, 6.07) is 12.0. The van der Waals surface area contributed by atoms with E-state index in [1.54, 1.807) is 20.1 Å². The maximum atomic E-state index is 12.8. The third-order valence-electron chi connectivity index (χ3n) is 4.90. The fraction of sp³-hybridized carbons (Fsp3) is 0.381. The maximum absolute atomic E-state index is 12.8. The van der Waals surface area contributed by atoms with Crippen molar-refractivity contribution < 1.29 is 17.9 Å². The number of hydrogen-bond acceptors (Lipinski definition) is 5. The topological polar surface area (TPSA) is 79.0 Å². The van der Waals surface area contributed by atoms with E-state index in [1.165, 1.54) is 26.2 Å². The molecule has 0 spiro atoms. The number of carbonyl (C=O) groups excluding carboxylic acids is 1. The Hall–Kier alpha value is -2.42. The van der Waals surface area contributed by atoms with Gasteiger partial charge in [-0.15, -0.1) is 0 Å². The van der Waals surface area contributed by atoms with Gasteiger partial charge in [-0.3, -0.25) is 9.69 Å². The second kappa shape index (κ2) is 9.39. The Morgan fingerprint density at radius 1 is 1.14 bits per heavy atom. The monoisotopic (exact) mass is 419 g/mol. The molecule has 158 valence electrons. The lowest BCUT2D eigenvalue weighted by Gasteiger charge is -2.25. The van der Waals surface area contributed by atoms with Crippen LogP contribution < -0.4 is 10.1 Å². The number of carbonyl (C=O) groups is 1. The van der Waals surface area contributed by atoms with Gasteiger partial charge in [-0.1, -0.05) is 24.3 Å². The van der Waals surface area contributed by atoms with Crippen molar-refractivity contribution in [2.75, 3.05) is 33.6 Å². The molecule has 0 radical (unpaired) electrons. The van der Waals surface area contributed by atoms with Crippen molar-refractivity contribution in [3.8, 4) is 5.75 Å². The number of ether oxygens (including phenoxy) is 1. The van der Waals surface area contributed by atoms with Crippen LogP contribution in [0.25, 0.3) is 0 Å². The largest absolute Gasteiger partial charge is 0.496 e. The molecule has 0 aliphatic heterocycles. The van der Waals surface area contributed by atoms with E-state index in [2.05, 4.69) is 5.32 Å². The normalized spacial score (nSPS) is 12.8. The van der Waals surface area contributed by atoms with Crippen LogP contribution in [-0.2, 0) is 21.4 Å². The van der Waals surface area contributed by atoms with Gasteiger partial charge in [-0.25, -0.2) is 12.7 Å². The Morgan fingerprint density at radius 2 is 1.79 bits per heavy atom. The van der Waals surface area contributed by atoms with Crippen molar-refractivity contribution in [2.45, 2.75) is 31.3 Å². The summed E-state index contributed by atoms with van der Waals surface area (Å²) in [5, 5.41) is 2.86. The summed E-state index contributed by atoms with van der Waals surface area (Å²) in [5.41, 5.74) is 2.25. The lowest BCUT2D eigenvalue weighted by molar-refractivity contribution is -0.120. The fourth-order valence-electron chi connectivity index (χ4n) is 2.78. The molecular formula is C21H29N3O4S. The molecule has 1 N–H and O–H groups in total. The van der Waals surface area contributed by atoms with Gasteiger partial charge in [-0.05, 0) is 44.7 Å². The Labute approximate surface area is 173 Å². The summed E-state index contributed by atoms with van der Waals surface area (Å²) in [6.45, 7) is 4.16. The van der Waals surface area contributed by atoms with Gasteiger partial charge in [0.05, 0.1) is 18.0 Å². The van der Waals surface area contributed by atoms with Crippen molar-refractivity contribution >= 4 is 21.6 Å². The van der Waals surface area contributed by atoms with Gasteiger partial charge in [0, 0.05) is 31.9 Å². The molecule has 0 saturated carbocycles. The highest BCUT2D eigenvalue weighted by Crippen LogP contribution is 2.23. The first-order valence-electron chi connectivity index (χ1n) is 9.24. The molecule has 0 fully saturated rings. The van der Waals surface area contributed by atoms with Crippen molar-refractivity contribution in [2.24, 2.45) is 0 Å². The third-order valence-corrected chi connectivity index (χ3v) is 6.71. The first-order valence-corrected chi connectivity index (χ1v) is 10.7. The highest BCUT2D eigenvalue weighted by Gasteiger charge is 2.22. The predicted molar refractivity (Wildman–Crippen MR) is 115 cm³/mol. The van der Waals surface area contributed by atoms with Crippen LogP contribution in [0, 0.1) is 6.92 Å². The molecule has 2 aromatic carbocycles. The number of rotatable bonds is 8. The molecular weight excluding hydrogens is 390 g/mol. The van der Waals surface area contributed by atoms with Gasteiger partial charge < -0.3 is 10.1 Å². The molecule has 29 heavy (non-hydrogen) atoms. The molecule has 1 unspecified atom stereocenters. The van der Waals surface area contributed by atoms with Crippen LogP contribution in [0.2, 0.25) is 0 Å². The highest BCUT2D eigenvalue weighted by molar-refractivity contribution is 7.89. The van der Waals surface area contributed by atoms with E-state index in [4.69, 9.17) is 4.74 Å². The second-order valence-corrected chi connectivity index (χ2v) is 9.31. The summed E-state index contributed by atoms with van der Waals surface area (Å²) in [5.74, 6) is 0.550. The average Bonchev–Trinajstić information content (AvgIpc) is 2.69. The van der Waals surface area contributed by atoms with Crippen molar-refractivity contribution in [1.82, 2.24) is 9.21 Å². The van der Waals surface area contributed by atoms with Crippen LogP contribution >= 0.6 is 0 Å². The second-order valence-electron chi connectivity index (χ2n) is 7.16. The molecule has 1 amide bonds. The number of para-hydroxylation sites is 1. The van der Waals surface area contributed by atoms with Crippen molar-refractivity contribution in [1.29, 1.82) is 0 Å². The summed E-state index contributed by atoms with van der Waals surface area (Å²) in [7, 11) is 2.85. The number of likely N-dealkylation sites (N-methyl/N-ethyl adjacent to an activating group) is 1. The Kier molecular flexibility index (Phi) is 7.40. The Bertz CT molecular complexity index is 974. The first kappa shape index (κ1) is 22.9. The third kappa shape index (κ3) is 5.35. The highest BCUT2D eigenvalue weighted by atomic mass is 32.2. The SMILES string of the molecule is COc1ccccc1CN(C)C(C)C(=O)Nc1cc(S(=O)(=O)N(C)C)ccc1C. The van der Waals surface area contributed by atoms with Crippen LogP contribution in [0.1, 0.15) is 18.1 Å². The zero-order valence-electron chi connectivity index (χ0n) is 17.8. The van der Waals surface area contributed by atoms with Crippen molar-refractivity contribution in [3.05, 3.63) is 53.6 Å². The number of sulfonamides is 1. The van der Waals surface area contributed by atoms with E-state index >= 15 is 0 Å². The number of hydrogen-bond donors (Lipinski definition) is 1. The average molecular weight is 420 g/mol. The summed E-state index contributed by atoms with van der Waals surface area (Å²) in [6.07, 6.45) is 0. The number of nitrogens with one attached hydrogen (secondary N) is 1. The number of anilines is 1. The van der Waals surface area contributed by atoms with Gasteiger partial charge in [0.25, 0.3) is 0 Å². The molecule has 8 heteroatoms. The van der Waals surface area contributed by atoms with Gasteiger partial charge in [0.15, 0.2) is 0 Å². The molecule has 0 aliphatic rings. The standard InChI is InChI=1S/C21H29N3O4S/c1-15-11-12-18(29(26,27)23(3)4)13-19(15)22-21(25)16(2)24(5)14-17-9-7-8-10-20(17)28-6/h7-13,16H,14H2,1-6H3,(H,22,25). The maximum Gasteiger partial charge on any atom is 0.242 e. The van der Waals surface area contributed by atoms with Crippen molar-refractivity contribution in [3.63, 3.8) is 0 Å². The molecule has 2 rings (SSSR count). The quantitative estimate of drug-likeness (QED) is 0.712. The fourth-order valence-corrected chi connectivity index (χ4v) is 3.71. The van der Waals surface area contributed by atoms with Crippen LogP contribution in [-0.4, -0.2) is 57.8 Å². The zero-order valence-corrected chi connectivity index (χ0v) is 18.6. The Balaban J connectivity index is 2.17. The number of methoxy groups -OCH3 is 1. The summed E-state index contributed by atoms with van der Waals surface area (Å²) in [4.78, 5) is 14.8. The van der Waals surface area contributed by atoms with Gasteiger partial charge in [0.1, 0.15) is 5.75 Å². The van der Waals surface area contributed by atoms with Gasteiger partial charge >= 0.3 is 0 Å².